The molecule has 10 heteroatoms. The lowest BCUT2D eigenvalue weighted by molar-refractivity contribution is -0.145. The van der Waals surface area contributed by atoms with Crippen LogP contribution in [-0.4, -0.2) is 55.4 Å². The normalized spacial score (nSPS) is 12.8. The average molecular weight is 494 g/mol. The summed E-state index contributed by atoms with van der Waals surface area (Å²) in [5.74, 6) is -0.615. The second kappa shape index (κ2) is 14.9. The highest BCUT2D eigenvalue weighted by molar-refractivity contribution is 5.89. The standard InChI is InChI=1S/C25H39N3O7/c1-17(2)16-20(22(30)33-6)27-21(29)19(28-24(32)34-18-12-8-7-9-13-18)14-10-11-15-26-23(31)35-25(3,4)5/h7-9,12-13,17,19-20H,10-11,14-16H2,1-6H3,(H,26,31)(H,27,29)(H,28,32)/t19-,20+/m1/s1. The predicted molar refractivity (Wildman–Crippen MR) is 131 cm³/mol. The highest BCUT2D eigenvalue weighted by atomic mass is 16.6. The van der Waals surface area contributed by atoms with Crippen molar-refractivity contribution in [2.45, 2.75) is 78.0 Å². The number of unbranched alkanes of at least 4 members (excludes halogenated alkanes) is 1. The molecule has 0 radical (unpaired) electrons. The zero-order valence-corrected chi connectivity index (χ0v) is 21.5. The molecule has 0 saturated heterocycles. The van der Waals surface area contributed by atoms with Gasteiger partial charge in [0.2, 0.25) is 5.91 Å². The van der Waals surface area contributed by atoms with Crippen LogP contribution in [0.4, 0.5) is 9.59 Å². The average Bonchev–Trinajstić information content (AvgIpc) is 2.76. The molecule has 0 bridgehead atoms. The van der Waals surface area contributed by atoms with E-state index in [0.717, 1.165) is 0 Å². The van der Waals surface area contributed by atoms with E-state index in [-0.39, 0.29) is 12.3 Å². The predicted octanol–water partition coefficient (Wildman–Crippen LogP) is 3.54. The summed E-state index contributed by atoms with van der Waals surface area (Å²) in [5.41, 5.74) is -0.595. The van der Waals surface area contributed by atoms with Crippen molar-refractivity contribution in [3.8, 4) is 5.75 Å². The molecule has 0 heterocycles. The second-order valence-electron chi connectivity index (χ2n) is 9.54. The van der Waals surface area contributed by atoms with Crippen LogP contribution in [0.2, 0.25) is 0 Å². The quantitative estimate of drug-likeness (QED) is 0.300. The summed E-state index contributed by atoms with van der Waals surface area (Å²) in [7, 11) is 1.26. The molecule has 35 heavy (non-hydrogen) atoms. The van der Waals surface area contributed by atoms with Crippen LogP contribution in [-0.2, 0) is 19.1 Å². The summed E-state index contributed by atoms with van der Waals surface area (Å²) in [5, 5.41) is 7.91. The molecule has 0 fully saturated rings. The van der Waals surface area contributed by atoms with Gasteiger partial charge in [-0.1, -0.05) is 32.0 Å². The largest absolute Gasteiger partial charge is 0.467 e. The number of methoxy groups -OCH3 is 1. The molecular weight excluding hydrogens is 454 g/mol. The molecule has 196 valence electrons. The molecule has 0 aliphatic carbocycles. The Balaban J connectivity index is 2.74. The van der Waals surface area contributed by atoms with Gasteiger partial charge < -0.3 is 30.2 Å². The minimum absolute atomic E-state index is 0.132. The van der Waals surface area contributed by atoms with Gasteiger partial charge in [-0.05, 0) is 64.5 Å². The van der Waals surface area contributed by atoms with E-state index in [2.05, 4.69) is 16.0 Å². The monoisotopic (exact) mass is 493 g/mol. The Bertz CT molecular complexity index is 822. The number of alkyl carbamates (subject to hydrolysis) is 1. The first kappa shape index (κ1) is 29.7. The lowest BCUT2D eigenvalue weighted by Gasteiger charge is -2.23. The van der Waals surface area contributed by atoms with Gasteiger partial charge in [-0.3, -0.25) is 4.79 Å². The molecular formula is C25H39N3O7. The minimum Gasteiger partial charge on any atom is -0.467 e. The number of carbonyl (C=O) groups is 4. The molecule has 1 aromatic carbocycles. The van der Waals surface area contributed by atoms with Crippen LogP contribution in [0, 0.1) is 5.92 Å². The summed E-state index contributed by atoms with van der Waals surface area (Å²) in [6.45, 7) is 9.51. The maximum atomic E-state index is 13.0. The molecule has 1 rings (SSSR count). The molecule has 3 amide bonds. The maximum Gasteiger partial charge on any atom is 0.413 e. The van der Waals surface area contributed by atoms with Crippen molar-refractivity contribution in [1.29, 1.82) is 0 Å². The molecule has 0 aromatic heterocycles. The number of ether oxygens (including phenoxy) is 3. The Morgan fingerprint density at radius 1 is 0.914 bits per heavy atom. The zero-order chi connectivity index (χ0) is 26.4. The van der Waals surface area contributed by atoms with Gasteiger partial charge in [-0.15, -0.1) is 0 Å². The third kappa shape index (κ3) is 13.2. The number of rotatable bonds is 12. The van der Waals surface area contributed by atoms with Crippen molar-refractivity contribution in [1.82, 2.24) is 16.0 Å². The SMILES string of the molecule is COC(=O)[C@H](CC(C)C)NC(=O)[C@@H](CCCCNC(=O)OC(C)(C)C)NC(=O)Oc1ccccc1. The van der Waals surface area contributed by atoms with Crippen molar-refractivity contribution in [2.24, 2.45) is 5.92 Å². The number of hydrogen-bond acceptors (Lipinski definition) is 7. The van der Waals surface area contributed by atoms with Crippen LogP contribution in [0.25, 0.3) is 0 Å². The Morgan fingerprint density at radius 3 is 2.14 bits per heavy atom. The number of para-hydroxylation sites is 1. The fourth-order valence-corrected chi connectivity index (χ4v) is 3.11. The molecule has 10 nitrogen and oxygen atoms in total. The van der Waals surface area contributed by atoms with Gasteiger partial charge >= 0.3 is 18.2 Å². The Labute approximate surface area is 207 Å². The molecule has 0 spiro atoms. The topological polar surface area (TPSA) is 132 Å². The van der Waals surface area contributed by atoms with Crippen LogP contribution in [0.5, 0.6) is 5.75 Å². The van der Waals surface area contributed by atoms with Crippen molar-refractivity contribution in [2.75, 3.05) is 13.7 Å². The van der Waals surface area contributed by atoms with E-state index in [9.17, 15) is 19.2 Å². The molecule has 1 aromatic rings. The van der Waals surface area contributed by atoms with Crippen LogP contribution >= 0.6 is 0 Å². The molecule has 0 aliphatic heterocycles. The maximum absolute atomic E-state index is 13.0. The van der Waals surface area contributed by atoms with Gasteiger partial charge in [0.05, 0.1) is 7.11 Å². The van der Waals surface area contributed by atoms with Gasteiger partial charge in [0, 0.05) is 6.54 Å². The highest BCUT2D eigenvalue weighted by Gasteiger charge is 2.28. The summed E-state index contributed by atoms with van der Waals surface area (Å²) in [6.07, 6.45) is 0.394. The van der Waals surface area contributed by atoms with Gasteiger partial charge in [0.25, 0.3) is 0 Å². The molecule has 0 unspecified atom stereocenters. The van der Waals surface area contributed by atoms with Gasteiger partial charge in [0.1, 0.15) is 23.4 Å². The van der Waals surface area contributed by atoms with Crippen molar-refractivity contribution >= 4 is 24.1 Å². The number of benzene rings is 1. The van der Waals surface area contributed by atoms with E-state index in [0.29, 0.717) is 31.6 Å². The number of carbonyl (C=O) groups excluding carboxylic acids is 4. The van der Waals surface area contributed by atoms with Crippen LogP contribution in [0.1, 0.15) is 60.3 Å². The Morgan fingerprint density at radius 2 is 1.57 bits per heavy atom. The first-order chi connectivity index (χ1) is 16.4. The summed E-state index contributed by atoms with van der Waals surface area (Å²) >= 11 is 0. The summed E-state index contributed by atoms with van der Waals surface area (Å²) < 4.78 is 15.2. The smallest absolute Gasteiger partial charge is 0.413 e. The third-order valence-corrected chi connectivity index (χ3v) is 4.66. The van der Waals surface area contributed by atoms with E-state index < -0.39 is 41.7 Å². The molecule has 3 N–H and O–H groups in total. The van der Waals surface area contributed by atoms with E-state index >= 15 is 0 Å². The molecule has 0 saturated carbocycles. The van der Waals surface area contributed by atoms with Crippen LogP contribution in [0.15, 0.2) is 30.3 Å². The van der Waals surface area contributed by atoms with Gasteiger partial charge in [-0.25, -0.2) is 14.4 Å². The first-order valence-electron chi connectivity index (χ1n) is 11.8. The fourth-order valence-electron chi connectivity index (χ4n) is 3.11. The molecule has 2 atom stereocenters. The summed E-state index contributed by atoms with van der Waals surface area (Å²) in [4.78, 5) is 49.3. The molecule has 0 aliphatic rings. The van der Waals surface area contributed by atoms with Crippen molar-refractivity contribution in [3.05, 3.63) is 30.3 Å². The highest BCUT2D eigenvalue weighted by Crippen LogP contribution is 2.11. The Kier molecular flexibility index (Phi) is 12.6. The van der Waals surface area contributed by atoms with Crippen molar-refractivity contribution < 1.29 is 33.4 Å². The fraction of sp³-hybridized carbons (Fsp3) is 0.600. The van der Waals surface area contributed by atoms with E-state index in [1.54, 1.807) is 51.1 Å². The van der Waals surface area contributed by atoms with Crippen LogP contribution in [0.3, 0.4) is 0 Å². The van der Waals surface area contributed by atoms with E-state index in [1.807, 2.05) is 13.8 Å². The lowest BCUT2D eigenvalue weighted by Crippen LogP contribution is -2.52. The minimum atomic E-state index is -0.952. The Hall–Kier alpha value is -3.30. The lowest BCUT2D eigenvalue weighted by atomic mass is 10.0. The third-order valence-electron chi connectivity index (χ3n) is 4.66. The van der Waals surface area contributed by atoms with Gasteiger partial charge in [-0.2, -0.15) is 0 Å². The van der Waals surface area contributed by atoms with Crippen molar-refractivity contribution in [3.63, 3.8) is 0 Å². The summed E-state index contributed by atoms with van der Waals surface area (Å²) in [6, 6.07) is 6.67. The number of amides is 3. The van der Waals surface area contributed by atoms with Crippen LogP contribution < -0.4 is 20.7 Å². The number of hydrogen-bond donors (Lipinski definition) is 3. The zero-order valence-electron chi connectivity index (χ0n) is 21.5. The van der Waals surface area contributed by atoms with E-state index in [1.165, 1.54) is 7.11 Å². The second-order valence-corrected chi connectivity index (χ2v) is 9.54. The number of esters is 1. The first-order valence-corrected chi connectivity index (χ1v) is 11.8. The van der Waals surface area contributed by atoms with E-state index in [4.69, 9.17) is 14.2 Å². The van der Waals surface area contributed by atoms with Gasteiger partial charge in [0.15, 0.2) is 0 Å². The number of nitrogens with one attached hydrogen (secondary N) is 3.